The van der Waals surface area contributed by atoms with Crippen molar-refractivity contribution in [2.75, 3.05) is 5.73 Å². The minimum Gasteiger partial charge on any atom is -0.460 e. The molecule has 0 saturated carbocycles. The third kappa shape index (κ3) is 8.06. The van der Waals surface area contributed by atoms with Gasteiger partial charge in [0.05, 0.1) is 12.0 Å². The van der Waals surface area contributed by atoms with Crippen LogP contribution in [0.25, 0.3) is 0 Å². The molecule has 0 bridgehead atoms. The zero-order valence-corrected chi connectivity index (χ0v) is 16.5. The highest BCUT2D eigenvalue weighted by atomic mass is 19.1. The van der Waals surface area contributed by atoms with E-state index in [0.717, 1.165) is 12.1 Å². The van der Waals surface area contributed by atoms with Gasteiger partial charge in [0.25, 0.3) is 5.91 Å². The lowest BCUT2D eigenvalue weighted by Crippen LogP contribution is -2.46. The van der Waals surface area contributed by atoms with Crippen molar-refractivity contribution in [3.8, 4) is 0 Å². The first kappa shape index (κ1) is 22.4. The average Bonchev–Trinajstić information content (AvgIpc) is 2.42. The zero-order chi connectivity index (χ0) is 21.0. The highest BCUT2D eigenvalue weighted by Gasteiger charge is 2.31. The van der Waals surface area contributed by atoms with E-state index < -0.39 is 47.3 Å². The maximum Gasteiger partial charge on any atom is 0.329 e. The number of rotatable bonds is 5. The molecule has 0 saturated heterocycles. The van der Waals surface area contributed by atoms with E-state index in [1.165, 1.54) is 6.07 Å². The lowest BCUT2D eigenvalue weighted by atomic mass is 10.1. The second kappa shape index (κ2) is 8.37. The first-order chi connectivity index (χ1) is 12.2. The van der Waals surface area contributed by atoms with Crippen molar-refractivity contribution in [2.24, 2.45) is 0 Å². The Bertz CT molecular complexity index is 720. The average molecular weight is 382 g/mol. The quantitative estimate of drug-likeness (QED) is 0.599. The maximum atomic E-state index is 13.2. The van der Waals surface area contributed by atoms with Gasteiger partial charge >= 0.3 is 11.9 Å². The maximum absolute atomic E-state index is 13.2. The number of amides is 1. The molecule has 0 aliphatic rings. The fourth-order valence-corrected chi connectivity index (χ4v) is 2.09. The van der Waals surface area contributed by atoms with Gasteiger partial charge in [0.1, 0.15) is 23.1 Å². The molecule has 8 heteroatoms. The number of hydrogen-bond donors (Lipinski definition) is 2. The molecule has 1 amide bonds. The van der Waals surface area contributed by atoms with E-state index in [-0.39, 0.29) is 11.3 Å². The van der Waals surface area contributed by atoms with Crippen LogP contribution < -0.4 is 11.1 Å². The molecular weight excluding hydrogens is 355 g/mol. The van der Waals surface area contributed by atoms with Crippen LogP contribution in [0.5, 0.6) is 0 Å². The zero-order valence-electron chi connectivity index (χ0n) is 16.5. The molecule has 27 heavy (non-hydrogen) atoms. The molecule has 0 unspecified atom stereocenters. The van der Waals surface area contributed by atoms with Gasteiger partial charge in [0.15, 0.2) is 0 Å². The number of esters is 2. The Labute approximate surface area is 158 Å². The Morgan fingerprint density at radius 1 is 1.07 bits per heavy atom. The molecule has 1 atom stereocenters. The largest absolute Gasteiger partial charge is 0.460 e. The molecule has 0 aromatic heterocycles. The lowest BCUT2D eigenvalue weighted by Gasteiger charge is -2.26. The van der Waals surface area contributed by atoms with Crippen LogP contribution in [0.2, 0.25) is 0 Å². The predicted molar refractivity (Wildman–Crippen MR) is 98.4 cm³/mol. The number of hydrogen-bond acceptors (Lipinski definition) is 6. The Kier molecular flexibility index (Phi) is 6.94. The first-order valence-corrected chi connectivity index (χ1v) is 8.48. The molecule has 0 aliphatic carbocycles. The number of carbonyl (C=O) groups is 3. The van der Waals surface area contributed by atoms with Crippen LogP contribution in [0.15, 0.2) is 18.2 Å². The second-order valence-electron chi connectivity index (χ2n) is 8.08. The Balaban J connectivity index is 3.00. The fourth-order valence-electron chi connectivity index (χ4n) is 2.09. The van der Waals surface area contributed by atoms with Gasteiger partial charge in [-0.05, 0) is 59.7 Å². The third-order valence-corrected chi connectivity index (χ3v) is 3.05. The van der Waals surface area contributed by atoms with Crippen LogP contribution in [-0.4, -0.2) is 35.1 Å². The van der Waals surface area contributed by atoms with E-state index in [2.05, 4.69) is 5.32 Å². The highest BCUT2D eigenvalue weighted by molar-refractivity contribution is 6.01. The molecule has 0 fully saturated rings. The summed E-state index contributed by atoms with van der Waals surface area (Å²) in [5.41, 5.74) is 3.98. The molecule has 0 aliphatic heterocycles. The van der Waals surface area contributed by atoms with Gasteiger partial charge in [-0.3, -0.25) is 9.59 Å². The highest BCUT2D eigenvalue weighted by Crippen LogP contribution is 2.16. The van der Waals surface area contributed by atoms with Crippen LogP contribution in [0, 0.1) is 5.82 Å². The Morgan fingerprint density at radius 2 is 1.63 bits per heavy atom. The topological polar surface area (TPSA) is 108 Å². The minimum absolute atomic E-state index is 0.0193. The van der Waals surface area contributed by atoms with E-state index >= 15 is 0 Å². The Hall–Kier alpha value is -2.64. The summed E-state index contributed by atoms with van der Waals surface area (Å²) in [5.74, 6) is -2.79. The van der Waals surface area contributed by atoms with Gasteiger partial charge in [0.2, 0.25) is 0 Å². The smallest absolute Gasteiger partial charge is 0.329 e. The summed E-state index contributed by atoms with van der Waals surface area (Å²) in [6.07, 6.45) is -0.418. The van der Waals surface area contributed by atoms with Crippen LogP contribution in [0.3, 0.4) is 0 Å². The van der Waals surface area contributed by atoms with Gasteiger partial charge in [-0.1, -0.05) is 0 Å². The third-order valence-electron chi connectivity index (χ3n) is 3.05. The fraction of sp³-hybridized carbons (Fsp3) is 0.526. The molecule has 1 aromatic carbocycles. The number of anilines is 1. The van der Waals surface area contributed by atoms with Gasteiger partial charge in [0, 0.05) is 5.69 Å². The standard InChI is InChI=1S/C19H27FN2O5/c1-18(2,3)26-15(23)10-14(17(25)27-19(4,5)6)22-16(24)12-8-7-11(20)9-13(12)21/h7-9,14H,10,21H2,1-6H3,(H,22,24)/t14-/m0/s1. The van der Waals surface area contributed by atoms with Crippen LogP contribution in [0.1, 0.15) is 58.3 Å². The predicted octanol–water partition coefficient (Wildman–Crippen LogP) is 2.58. The van der Waals surface area contributed by atoms with Crippen molar-refractivity contribution in [1.29, 1.82) is 0 Å². The minimum atomic E-state index is -1.28. The first-order valence-electron chi connectivity index (χ1n) is 8.48. The summed E-state index contributed by atoms with van der Waals surface area (Å²) in [7, 11) is 0. The van der Waals surface area contributed by atoms with Crippen molar-refractivity contribution in [1.82, 2.24) is 5.32 Å². The van der Waals surface area contributed by atoms with Crippen molar-refractivity contribution in [3.05, 3.63) is 29.6 Å². The summed E-state index contributed by atoms with van der Waals surface area (Å²) in [4.78, 5) is 37.0. The summed E-state index contributed by atoms with van der Waals surface area (Å²) in [6, 6.07) is 1.98. The van der Waals surface area contributed by atoms with Gasteiger partial charge in [-0.2, -0.15) is 0 Å². The van der Waals surface area contributed by atoms with Crippen molar-refractivity contribution in [2.45, 2.75) is 65.2 Å². The molecule has 0 radical (unpaired) electrons. The van der Waals surface area contributed by atoms with Crippen molar-refractivity contribution < 1.29 is 28.2 Å². The normalized spacial score (nSPS) is 12.9. The van der Waals surface area contributed by atoms with E-state index in [4.69, 9.17) is 15.2 Å². The number of carbonyl (C=O) groups excluding carboxylic acids is 3. The molecule has 1 aromatic rings. The number of halogens is 1. The molecule has 3 N–H and O–H groups in total. The van der Waals surface area contributed by atoms with Crippen LogP contribution in [0.4, 0.5) is 10.1 Å². The number of nitrogens with two attached hydrogens (primary N) is 1. The molecule has 0 spiro atoms. The molecular formula is C19H27FN2O5. The van der Waals surface area contributed by atoms with Gasteiger partial charge in [-0.25, -0.2) is 9.18 Å². The molecule has 0 heterocycles. The summed E-state index contributed by atoms with van der Waals surface area (Å²) in [6.45, 7) is 10.0. The molecule has 7 nitrogen and oxygen atoms in total. The summed E-state index contributed by atoms with van der Waals surface area (Å²) >= 11 is 0. The number of nitrogens with one attached hydrogen (secondary N) is 1. The van der Waals surface area contributed by atoms with Crippen LogP contribution in [-0.2, 0) is 19.1 Å². The SMILES string of the molecule is CC(C)(C)OC(=O)C[C@H](NC(=O)c1ccc(F)cc1N)C(=O)OC(C)(C)C. The summed E-state index contributed by atoms with van der Waals surface area (Å²) < 4.78 is 23.6. The molecule has 150 valence electrons. The van der Waals surface area contributed by atoms with E-state index in [0.29, 0.717) is 0 Å². The van der Waals surface area contributed by atoms with Crippen LogP contribution >= 0.6 is 0 Å². The second-order valence-corrected chi connectivity index (χ2v) is 8.08. The van der Waals surface area contributed by atoms with Crippen molar-refractivity contribution in [3.63, 3.8) is 0 Å². The van der Waals surface area contributed by atoms with Crippen molar-refractivity contribution >= 4 is 23.5 Å². The molecule has 1 rings (SSSR count). The van der Waals surface area contributed by atoms with E-state index in [1.54, 1.807) is 41.5 Å². The summed E-state index contributed by atoms with van der Waals surface area (Å²) in [5, 5.41) is 2.42. The van der Waals surface area contributed by atoms with E-state index in [1.807, 2.05) is 0 Å². The van der Waals surface area contributed by atoms with Gasteiger partial charge < -0.3 is 20.5 Å². The number of benzene rings is 1. The number of nitrogen functional groups attached to an aromatic ring is 1. The monoisotopic (exact) mass is 382 g/mol. The van der Waals surface area contributed by atoms with E-state index in [9.17, 15) is 18.8 Å². The lowest BCUT2D eigenvalue weighted by molar-refractivity contribution is -0.164. The van der Waals surface area contributed by atoms with Gasteiger partial charge in [-0.15, -0.1) is 0 Å². The Morgan fingerprint density at radius 3 is 2.11 bits per heavy atom. The number of ether oxygens (including phenoxy) is 2.